The number of benzene rings is 1. The number of carboxylic acids is 2. The van der Waals surface area contributed by atoms with Gasteiger partial charge >= 0.3 is 11.9 Å². The number of amides is 1. The van der Waals surface area contributed by atoms with Gasteiger partial charge in [0.25, 0.3) is 0 Å². The maximum atomic E-state index is 11.4. The maximum Gasteiger partial charge on any atom is 0.336 e. The highest BCUT2D eigenvalue weighted by Gasteiger charge is 2.22. The van der Waals surface area contributed by atoms with E-state index >= 15 is 0 Å². The van der Waals surface area contributed by atoms with Gasteiger partial charge in [0.2, 0.25) is 5.91 Å². The third-order valence-electron chi connectivity index (χ3n) is 2.60. The van der Waals surface area contributed by atoms with Crippen LogP contribution >= 0.6 is 0 Å². The van der Waals surface area contributed by atoms with Crippen molar-refractivity contribution in [2.45, 2.75) is 25.8 Å². The van der Waals surface area contributed by atoms with E-state index in [2.05, 4.69) is 5.32 Å². The van der Waals surface area contributed by atoms with Gasteiger partial charge in [0.1, 0.15) is 0 Å². The van der Waals surface area contributed by atoms with Gasteiger partial charge in [-0.2, -0.15) is 0 Å². The van der Waals surface area contributed by atoms with Crippen LogP contribution in [0.15, 0.2) is 24.3 Å². The van der Waals surface area contributed by atoms with E-state index in [1.807, 2.05) is 0 Å². The van der Waals surface area contributed by atoms with E-state index in [4.69, 9.17) is 10.2 Å². The summed E-state index contributed by atoms with van der Waals surface area (Å²) in [6.45, 7) is 1.64. The topological polar surface area (TPSA) is 104 Å². The molecule has 1 amide bonds. The van der Waals surface area contributed by atoms with Crippen molar-refractivity contribution in [2.24, 2.45) is 0 Å². The van der Waals surface area contributed by atoms with Crippen LogP contribution in [0.1, 0.15) is 41.7 Å². The fraction of sp³-hybridized carbons (Fsp3) is 0.308. The van der Waals surface area contributed by atoms with Gasteiger partial charge in [-0.3, -0.25) is 9.59 Å². The third kappa shape index (κ3) is 4.09. The molecule has 1 aromatic carbocycles. The van der Waals surface area contributed by atoms with Crippen LogP contribution in [-0.2, 0) is 9.59 Å². The van der Waals surface area contributed by atoms with Gasteiger partial charge in [0.15, 0.2) is 0 Å². The van der Waals surface area contributed by atoms with Crippen LogP contribution in [0.4, 0.5) is 0 Å². The molecule has 1 aromatic rings. The summed E-state index contributed by atoms with van der Waals surface area (Å²) in [7, 11) is 0. The quantitative estimate of drug-likeness (QED) is 0.721. The Bertz CT molecular complexity index is 498. The van der Waals surface area contributed by atoms with Crippen molar-refractivity contribution < 1.29 is 24.6 Å². The highest BCUT2D eigenvalue weighted by atomic mass is 16.4. The Hall–Kier alpha value is -2.37. The van der Waals surface area contributed by atoms with Crippen LogP contribution in [0.3, 0.4) is 0 Å². The predicted molar refractivity (Wildman–Crippen MR) is 66.8 cm³/mol. The lowest BCUT2D eigenvalue weighted by molar-refractivity contribution is -0.137. The van der Waals surface area contributed by atoms with Gasteiger partial charge < -0.3 is 15.5 Å². The minimum absolute atomic E-state index is 0.00912. The Morgan fingerprint density at radius 2 is 1.84 bits per heavy atom. The molecule has 102 valence electrons. The van der Waals surface area contributed by atoms with Crippen LogP contribution in [0.5, 0.6) is 0 Å². The molecule has 0 saturated heterocycles. The SMILES string of the molecule is CCC(=O)NC(CC(=O)O)c1ccccc1C(=O)O. The molecule has 3 N–H and O–H groups in total. The molecule has 0 bridgehead atoms. The van der Waals surface area contributed by atoms with Crippen molar-refractivity contribution in [3.8, 4) is 0 Å². The summed E-state index contributed by atoms with van der Waals surface area (Å²) in [6, 6.07) is 5.19. The molecule has 1 rings (SSSR count). The van der Waals surface area contributed by atoms with Crippen molar-refractivity contribution in [3.05, 3.63) is 35.4 Å². The van der Waals surface area contributed by atoms with E-state index < -0.39 is 18.0 Å². The molecule has 19 heavy (non-hydrogen) atoms. The second-order valence-corrected chi connectivity index (χ2v) is 3.96. The van der Waals surface area contributed by atoms with Crippen LogP contribution in [-0.4, -0.2) is 28.1 Å². The Labute approximate surface area is 110 Å². The van der Waals surface area contributed by atoms with Crippen LogP contribution in [0.2, 0.25) is 0 Å². The average Bonchev–Trinajstić information content (AvgIpc) is 2.37. The molecule has 0 fully saturated rings. The first-order valence-electron chi connectivity index (χ1n) is 5.79. The number of aliphatic carboxylic acids is 1. The lowest BCUT2D eigenvalue weighted by Crippen LogP contribution is -2.30. The standard InChI is InChI=1S/C13H15NO5/c1-2-11(15)14-10(7-12(16)17)8-5-3-4-6-9(8)13(18)19/h3-6,10H,2,7H2,1H3,(H,14,15)(H,16,17)(H,18,19). The fourth-order valence-corrected chi connectivity index (χ4v) is 1.71. The van der Waals surface area contributed by atoms with Crippen molar-refractivity contribution in [2.75, 3.05) is 0 Å². The first-order valence-corrected chi connectivity index (χ1v) is 5.79. The van der Waals surface area contributed by atoms with E-state index in [1.54, 1.807) is 19.1 Å². The number of aromatic carboxylic acids is 1. The van der Waals surface area contributed by atoms with Gasteiger partial charge in [-0.15, -0.1) is 0 Å². The fourth-order valence-electron chi connectivity index (χ4n) is 1.71. The van der Waals surface area contributed by atoms with Crippen LogP contribution in [0, 0.1) is 0 Å². The molecule has 0 aliphatic heterocycles. The molecule has 6 nitrogen and oxygen atoms in total. The van der Waals surface area contributed by atoms with Gasteiger partial charge in [0.05, 0.1) is 18.0 Å². The largest absolute Gasteiger partial charge is 0.481 e. The lowest BCUT2D eigenvalue weighted by atomic mass is 9.97. The Morgan fingerprint density at radius 3 is 2.37 bits per heavy atom. The number of hydrogen-bond acceptors (Lipinski definition) is 3. The first kappa shape index (κ1) is 14.7. The van der Waals surface area contributed by atoms with E-state index in [-0.39, 0.29) is 24.3 Å². The number of rotatable bonds is 6. The Kier molecular flexibility index (Phi) is 5.05. The highest BCUT2D eigenvalue weighted by molar-refractivity contribution is 5.90. The molecular formula is C13H15NO5. The Morgan fingerprint density at radius 1 is 1.21 bits per heavy atom. The van der Waals surface area contributed by atoms with Crippen LogP contribution in [0.25, 0.3) is 0 Å². The summed E-state index contributed by atoms with van der Waals surface area (Å²) < 4.78 is 0. The number of carbonyl (C=O) groups excluding carboxylic acids is 1. The predicted octanol–water partition coefficient (Wildman–Crippen LogP) is 1.43. The summed E-state index contributed by atoms with van der Waals surface area (Å²) in [5, 5.41) is 20.5. The number of carbonyl (C=O) groups is 3. The number of carboxylic acid groups (broad SMARTS) is 2. The molecule has 1 atom stereocenters. The molecule has 0 saturated carbocycles. The molecular weight excluding hydrogens is 250 g/mol. The van der Waals surface area contributed by atoms with E-state index in [9.17, 15) is 14.4 Å². The Balaban J connectivity index is 3.12. The lowest BCUT2D eigenvalue weighted by Gasteiger charge is -2.18. The molecule has 0 radical (unpaired) electrons. The minimum Gasteiger partial charge on any atom is -0.481 e. The van der Waals surface area contributed by atoms with Crippen molar-refractivity contribution in [3.63, 3.8) is 0 Å². The minimum atomic E-state index is -1.16. The summed E-state index contributed by atoms with van der Waals surface area (Å²) in [5.74, 6) is -2.59. The number of hydrogen-bond donors (Lipinski definition) is 3. The molecule has 0 heterocycles. The molecule has 1 unspecified atom stereocenters. The monoisotopic (exact) mass is 265 g/mol. The van der Waals surface area contributed by atoms with Crippen molar-refractivity contribution in [1.29, 1.82) is 0 Å². The molecule has 0 spiro atoms. The zero-order valence-corrected chi connectivity index (χ0v) is 10.4. The highest BCUT2D eigenvalue weighted by Crippen LogP contribution is 2.21. The first-order chi connectivity index (χ1) is 8.95. The maximum absolute atomic E-state index is 11.4. The van der Waals surface area contributed by atoms with Gasteiger partial charge in [-0.05, 0) is 11.6 Å². The summed E-state index contributed by atoms with van der Waals surface area (Å²) in [4.78, 5) is 33.3. The zero-order valence-electron chi connectivity index (χ0n) is 10.4. The van der Waals surface area contributed by atoms with E-state index in [0.717, 1.165) is 0 Å². The summed E-state index contributed by atoms with van der Waals surface area (Å²) in [6.07, 6.45) is -0.165. The average molecular weight is 265 g/mol. The second kappa shape index (κ2) is 6.53. The molecule has 6 heteroatoms. The normalized spacial score (nSPS) is 11.6. The van der Waals surface area contributed by atoms with E-state index in [0.29, 0.717) is 5.56 Å². The summed E-state index contributed by atoms with van der Waals surface area (Å²) in [5.41, 5.74) is 0.282. The van der Waals surface area contributed by atoms with E-state index in [1.165, 1.54) is 12.1 Å². The van der Waals surface area contributed by atoms with Crippen molar-refractivity contribution >= 4 is 17.8 Å². The van der Waals surface area contributed by atoms with Crippen molar-refractivity contribution in [1.82, 2.24) is 5.32 Å². The van der Waals surface area contributed by atoms with Gasteiger partial charge in [-0.1, -0.05) is 25.1 Å². The smallest absolute Gasteiger partial charge is 0.336 e. The molecule has 0 aliphatic carbocycles. The van der Waals surface area contributed by atoms with Crippen LogP contribution < -0.4 is 5.32 Å². The van der Waals surface area contributed by atoms with Gasteiger partial charge in [0, 0.05) is 6.42 Å². The molecule has 0 aromatic heterocycles. The summed E-state index contributed by atoms with van der Waals surface area (Å²) >= 11 is 0. The molecule has 0 aliphatic rings. The zero-order chi connectivity index (χ0) is 14.4. The van der Waals surface area contributed by atoms with Gasteiger partial charge in [-0.25, -0.2) is 4.79 Å². The second-order valence-electron chi connectivity index (χ2n) is 3.96. The third-order valence-corrected chi connectivity index (χ3v) is 2.60. The number of nitrogens with one attached hydrogen (secondary N) is 1.